The summed E-state index contributed by atoms with van der Waals surface area (Å²) >= 11 is 0. The van der Waals surface area contributed by atoms with E-state index in [0.717, 1.165) is 6.42 Å². The molecule has 0 radical (unpaired) electrons. The number of hydrogen-bond donors (Lipinski definition) is 1. The van der Waals surface area contributed by atoms with E-state index in [2.05, 4.69) is 35.2 Å². The smallest absolute Gasteiger partial charge is 0.0458 e. The summed E-state index contributed by atoms with van der Waals surface area (Å²) in [5.74, 6) is 0. The average Bonchev–Trinajstić information content (AvgIpc) is 2.31. The van der Waals surface area contributed by atoms with Crippen LogP contribution in [-0.4, -0.2) is 24.2 Å². The van der Waals surface area contributed by atoms with Crippen LogP contribution in [-0.2, 0) is 6.42 Å². The van der Waals surface area contributed by atoms with Gasteiger partial charge in [0.05, 0.1) is 0 Å². The Balaban J connectivity index is 1.97. The highest BCUT2D eigenvalue weighted by Crippen LogP contribution is 2.19. The van der Waals surface area contributed by atoms with Gasteiger partial charge in [0.2, 0.25) is 0 Å². The van der Waals surface area contributed by atoms with Crippen LogP contribution in [0.25, 0.3) is 0 Å². The van der Waals surface area contributed by atoms with E-state index in [1.165, 1.54) is 31.4 Å². The van der Waals surface area contributed by atoms with Gasteiger partial charge in [0.25, 0.3) is 0 Å². The van der Waals surface area contributed by atoms with Crippen molar-refractivity contribution in [1.29, 1.82) is 0 Å². The molecule has 1 unspecified atom stereocenters. The summed E-state index contributed by atoms with van der Waals surface area (Å²) in [6.45, 7) is 1.88. The van der Waals surface area contributed by atoms with Gasteiger partial charge < -0.3 is 5.73 Å². The minimum atomic E-state index is 0.658. The SMILES string of the molecule is NCN1CCCCC1Cc1ccccc1. The summed E-state index contributed by atoms with van der Waals surface area (Å²) in [5, 5.41) is 0. The standard InChI is InChI=1S/C13H20N2/c14-11-15-9-5-4-8-13(15)10-12-6-2-1-3-7-12/h1-3,6-7,13H,4-5,8-11,14H2. The number of nitrogens with two attached hydrogens (primary N) is 1. The molecule has 0 amide bonds. The third-order valence-electron chi connectivity index (χ3n) is 3.30. The molecule has 2 rings (SSSR count). The Kier molecular flexibility index (Phi) is 3.75. The van der Waals surface area contributed by atoms with Crippen molar-refractivity contribution in [2.45, 2.75) is 31.7 Å². The van der Waals surface area contributed by atoms with Crippen LogP contribution in [0.1, 0.15) is 24.8 Å². The van der Waals surface area contributed by atoms with Crippen LogP contribution in [0.2, 0.25) is 0 Å². The summed E-state index contributed by atoms with van der Waals surface area (Å²) in [5.41, 5.74) is 7.21. The maximum Gasteiger partial charge on any atom is 0.0458 e. The van der Waals surface area contributed by atoms with Crippen molar-refractivity contribution in [3.63, 3.8) is 0 Å². The predicted molar refractivity (Wildman–Crippen MR) is 63.5 cm³/mol. The first-order chi connectivity index (χ1) is 7.40. The average molecular weight is 204 g/mol. The maximum absolute atomic E-state index is 5.77. The molecule has 0 aliphatic carbocycles. The summed E-state index contributed by atoms with van der Waals surface area (Å²) in [6, 6.07) is 11.4. The minimum absolute atomic E-state index is 0.658. The van der Waals surface area contributed by atoms with Gasteiger partial charge in [-0.3, -0.25) is 4.90 Å². The molecule has 1 aliphatic heterocycles. The van der Waals surface area contributed by atoms with Crippen LogP contribution < -0.4 is 5.73 Å². The number of likely N-dealkylation sites (tertiary alicyclic amines) is 1. The highest BCUT2D eigenvalue weighted by Gasteiger charge is 2.20. The van der Waals surface area contributed by atoms with Crippen LogP contribution in [0.3, 0.4) is 0 Å². The molecule has 1 atom stereocenters. The van der Waals surface area contributed by atoms with Crippen molar-refractivity contribution >= 4 is 0 Å². The normalized spacial score (nSPS) is 22.9. The van der Waals surface area contributed by atoms with Gasteiger partial charge in [-0.1, -0.05) is 36.8 Å². The number of piperidine rings is 1. The highest BCUT2D eigenvalue weighted by atomic mass is 15.2. The summed E-state index contributed by atoms with van der Waals surface area (Å²) in [4.78, 5) is 2.41. The molecule has 1 fully saturated rings. The molecule has 2 nitrogen and oxygen atoms in total. The van der Waals surface area contributed by atoms with Crippen molar-refractivity contribution in [2.24, 2.45) is 5.73 Å². The molecule has 15 heavy (non-hydrogen) atoms. The summed E-state index contributed by atoms with van der Waals surface area (Å²) in [7, 11) is 0. The van der Waals surface area contributed by atoms with Crippen LogP contribution in [0.15, 0.2) is 30.3 Å². The first kappa shape index (κ1) is 10.7. The zero-order valence-corrected chi connectivity index (χ0v) is 9.23. The Hall–Kier alpha value is -0.860. The monoisotopic (exact) mass is 204 g/mol. The fraction of sp³-hybridized carbons (Fsp3) is 0.538. The van der Waals surface area contributed by atoms with Crippen molar-refractivity contribution in [1.82, 2.24) is 4.90 Å². The second kappa shape index (κ2) is 5.29. The van der Waals surface area contributed by atoms with Crippen molar-refractivity contribution in [2.75, 3.05) is 13.2 Å². The van der Waals surface area contributed by atoms with Gasteiger partial charge in [0, 0.05) is 12.7 Å². The van der Waals surface area contributed by atoms with E-state index in [1.807, 2.05) is 0 Å². The fourth-order valence-corrected chi connectivity index (χ4v) is 2.42. The lowest BCUT2D eigenvalue weighted by Crippen LogP contribution is -2.44. The summed E-state index contributed by atoms with van der Waals surface area (Å²) < 4.78 is 0. The number of rotatable bonds is 3. The molecule has 0 aromatic heterocycles. The van der Waals surface area contributed by atoms with E-state index in [1.54, 1.807) is 0 Å². The van der Waals surface area contributed by atoms with Crippen molar-refractivity contribution in [3.8, 4) is 0 Å². The van der Waals surface area contributed by atoms with Gasteiger partial charge in [-0.25, -0.2) is 0 Å². The van der Waals surface area contributed by atoms with Crippen LogP contribution in [0, 0.1) is 0 Å². The van der Waals surface area contributed by atoms with E-state index in [9.17, 15) is 0 Å². The van der Waals surface area contributed by atoms with Crippen LogP contribution >= 0.6 is 0 Å². The van der Waals surface area contributed by atoms with Crippen molar-refractivity contribution < 1.29 is 0 Å². The number of benzene rings is 1. The molecule has 1 aromatic carbocycles. The first-order valence-electron chi connectivity index (χ1n) is 5.88. The third kappa shape index (κ3) is 2.80. The topological polar surface area (TPSA) is 29.3 Å². The van der Waals surface area contributed by atoms with Crippen LogP contribution in [0.4, 0.5) is 0 Å². The molecule has 0 saturated carbocycles. The zero-order valence-electron chi connectivity index (χ0n) is 9.23. The van der Waals surface area contributed by atoms with E-state index >= 15 is 0 Å². The Morgan fingerprint density at radius 2 is 2.00 bits per heavy atom. The second-order valence-corrected chi connectivity index (χ2v) is 4.33. The molecule has 1 heterocycles. The molecule has 1 saturated heterocycles. The van der Waals surface area contributed by atoms with Gasteiger partial charge >= 0.3 is 0 Å². The van der Waals surface area contributed by atoms with Gasteiger partial charge in [-0.15, -0.1) is 0 Å². The highest BCUT2D eigenvalue weighted by molar-refractivity contribution is 5.16. The summed E-state index contributed by atoms with van der Waals surface area (Å²) in [6.07, 6.45) is 5.11. The van der Waals surface area contributed by atoms with Gasteiger partial charge in [0.15, 0.2) is 0 Å². The lowest BCUT2D eigenvalue weighted by Gasteiger charge is -2.34. The van der Waals surface area contributed by atoms with E-state index < -0.39 is 0 Å². The Morgan fingerprint density at radius 1 is 1.20 bits per heavy atom. The molecule has 1 aromatic rings. The maximum atomic E-state index is 5.77. The molecule has 1 aliphatic rings. The first-order valence-corrected chi connectivity index (χ1v) is 5.88. The van der Waals surface area contributed by atoms with Gasteiger partial charge in [0.1, 0.15) is 0 Å². The van der Waals surface area contributed by atoms with E-state index in [4.69, 9.17) is 5.73 Å². The van der Waals surface area contributed by atoms with Gasteiger partial charge in [-0.05, 0) is 31.4 Å². The number of nitrogens with zero attached hydrogens (tertiary/aromatic N) is 1. The molecule has 2 N–H and O–H groups in total. The minimum Gasteiger partial charge on any atom is -0.318 e. The largest absolute Gasteiger partial charge is 0.318 e. The molecule has 0 spiro atoms. The molecule has 0 bridgehead atoms. The van der Waals surface area contributed by atoms with Gasteiger partial charge in [-0.2, -0.15) is 0 Å². The Bertz CT molecular complexity index is 284. The lowest BCUT2D eigenvalue weighted by atomic mass is 9.96. The molecule has 2 heteroatoms. The molecular formula is C13H20N2. The zero-order chi connectivity index (χ0) is 10.5. The van der Waals surface area contributed by atoms with Crippen molar-refractivity contribution in [3.05, 3.63) is 35.9 Å². The quantitative estimate of drug-likeness (QED) is 0.816. The van der Waals surface area contributed by atoms with E-state index in [-0.39, 0.29) is 0 Å². The molecule has 82 valence electrons. The van der Waals surface area contributed by atoms with Crippen LogP contribution in [0.5, 0.6) is 0 Å². The lowest BCUT2D eigenvalue weighted by molar-refractivity contribution is 0.151. The van der Waals surface area contributed by atoms with E-state index in [0.29, 0.717) is 12.7 Å². The molecular weight excluding hydrogens is 184 g/mol. The Labute approximate surface area is 92.1 Å². The fourth-order valence-electron chi connectivity index (χ4n) is 2.42. The third-order valence-corrected chi connectivity index (χ3v) is 3.30. The predicted octanol–water partition coefficient (Wildman–Crippen LogP) is 2.00. The second-order valence-electron chi connectivity index (χ2n) is 4.33. The Morgan fingerprint density at radius 3 is 2.73 bits per heavy atom. The number of hydrogen-bond acceptors (Lipinski definition) is 2.